The highest BCUT2D eigenvalue weighted by Crippen LogP contribution is 2.23. The molecule has 0 unspecified atom stereocenters. The summed E-state index contributed by atoms with van der Waals surface area (Å²) in [4.78, 5) is 0. The second-order valence-corrected chi connectivity index (χ2v) is 4.72. The zero-order valence-electron chi connectivity index (χ0n) is 11.1. The van der Waals surface area contributed by atoms with Gasteiger partial charge in [-0.3, -0.25) is 0 Å². The van der Waals surface area contributed by atoms with Crippen molar-refractivity contribution in [2.75, 3.05) is 0 Å². The molecule has 0 spiro atoms. The molecule has 0 atom stereocenters. The molecule has 0 amide bonds. The van der Waals surface area contributed by atoms with Gasteiger partial charge in [0.1, 0.15) is 12.1 Å². The lowest BCUT2D eigenvalue weighted by molar-refractivity contribution is 0.718. The Kier molecular flexibility index (Phi) is 4.16. The smallest absolute Gasteiger partial charge is 0.101 e. The highest BCUT2D eigenvalue weighted by Gasteiger charge is 2.07. The Hall–Kier alpha value is -2.32. The monoisotopic (exact) mass is 248 g/mol. The molecule has 19 heavy (non-hydrogen) atoms. The number of nitrogens with zero attached hydrogens (tertiary/aromatic N) is 2. The average Bonchev–Trinajstić information content (AvgIpc) is 2.46. The fraction of sp³-hybridized carbons (Fsp3) is 0.294. The van der Waals surface area contributed by atoms with Crippen LogP contribution in [-0.4, -0.2) is 0 Å². The minimum absolute atomic E-state index is 0.453. The topological polar surface area (TPSA) is 47.6 Å². The molecule has 0 bridgehead atoms. The highest BCUT2D eigenvalue weighted by molar-refractivity contribution is 5.90. The van der Waals surface area contributed by atoms with Crippen LogP contribution in [0.5, 0.6) is 0 Å². The first-order valence-corrected chi connectivity index (χ1v) is 6.66. The number of nitriles is 2. The van der Waals surface area contributed by atoms with E-state index in [2.05, 4.69) is 31.2 Å². The zero-order valence-corrected chi connectivity index (χ0v) is 11.1. The molecule has 0 aliphatic carbocycles. The molecule has 2 aromatic rings. The van der Waals surface area contributed by atoms with Crippen LogP contribution in [-0.2, 0) is 6.42 Å². The number of rotatable bonds is 4. The van der Waals surface area contributed by atoms with Crippen LogP contribution in [0.15, 0.2) is 30.3 Å². The van der Waals surface area contributed by atoms with Gasteiger partial charge < -0.3 is 0 Å². The highest BCUT2D eigenvalue weighted by atomic mass is 14.3. The molecule has 0 fully saturated rings. The van der Waals surface area contributed by atoms with Crippen LogP contribution in [0.25, 0.3) is 10.8 Å². The number of unbranched alkanes of at least 4 members (excludes halogenated alkanes) is 2. The molecule has 0 aliphatic rings. The Morgan fingerprint density at radius 2 is 1.84 bits per heavy atom. The molecule has 2 nitrogen and oxygen atoms in total. The lowest BCUT2D eigenvalue weighted by Crippen LogP contribution is -1.89. The van der Waals surface area contributed by atoms with Gasteiger partial charge in [0.05, 0.1) is 11.1 Å². The van der Waals surface area contributed by atoms with Crippen molar-refractivity contribution in [1.82, 2.24) is 0 Å². The van der Waals surface area contributed by atoms with Crippen molar-refractivity contribution in [3.8, 4) is 12.1 Å². The molecule has 0 saturated carbocycles. The van der Waals surface area contributed by atoms with Gasteiger partial charge in [-0.1, -0.05) is 44.0 Å². The third kappa shape index (κ3) is 2.75. The second-order valence-electron chi connectivity index (χ2n) is 4.72. The van der Waals surface area contributed by atoms with Gasteiger partial charge in [0.25, 0.3) is 0 Å². The van der Waals surface area contributed by atoms with E-state index < -0.39 is 0 Å². The SMILES string of the molecule is CCCCCc1ccc2c(C#N)c(C#N)ccc2c1. The Morgan fingerprint density at radius 3 is 2.53 bits per heavy atom. The van der Waals surface area contributed by atoms with Crippen molar-refractivity contribution in [2.24, 2.45) is 0 Å². The summed E-state index contributed by atoms with van der Waals surface area (Å²) in [6, 6.07) is 14.0. The first kappa shape index (κ1) is 13.1. The molecule has 0 saturated heterocycles. The van der Waals surface area contributed by atoms with Crippen LogP contribution in [0.2, 0.25) is 0 Å². The predicted molar refractivity (Wildman–Crippen MR) is 76.6 cm³/mol. The van der Waals surface area contributed by atoms with Gasteiger partial charge in [0.15, 0.2) is 0 Å². The van der Waals surface area contributed by atoms with Gasteiger partial charge >= 0.3 is 0 Å². The van der Waals surface area contributed by atoms with E-state index in [0.717, 1.165) is 17.2 Å². The van der Waals surface area contributed by atoms with Gasteiger partial charge in [0, 0.05) is 5.39 Å². The zero-order chi connectivity index (χ0) is 13.7. The van der Waals surface area contributed by atoms with E-state index in [1.165, 1.54) is 24.8 Å². The van der Waals surface area contributed by atoms with E-state index in [1.807, 2.05) is 12.1 Å². The van der Waals surface area contributed by atoms with Crippen LogP contribution in [0.1, 0.15) is 42.9 Å². The molecule has 0 heterocycles. The van der Waals surface area contributed by atoms with E-state index in [9.17, 15) is 5.26 Å². The standard InChI is InChI=1S/C17H16N2/c1-2-3-4-5-13-6-9-16-14(10-13)7-8-15(11-18)17(16)12-19/h6-10H,2-5H2,1H3. The fourth-order valence-electron chi connectivity index (χ4n) is 2.33. The molecule has 2 aromatic carbocycles. The van der Waals surface area contributed by atoms with Gasteiger partial charge in [-0.25, -0.2) is 0 Å². The second kappa shape index (κ2) is 6.03. The number of benzene rings is 2. The summed E-state index contributed by atoms with van der Waals surface area (Å²) in [7, 11) is 0. The molecule has 0 N–H and O–H groups in total. The van der Waals surface area contributed by atoms with Gasteiger partial charge in [-0.05, 0) is 29.9 Å². The van der Waals surface area contributed by atoms with E-state index in [-0.39, 0.29) is 0 Å². The number of fused-ring (bicyclic) bond motifs is 1. The lowest BCUT2D eigenvalue weighted by Gasteiger charge is -2.06. The van der Waals surface area contributed by atoms with Crippen molar-refractivity contribution in [2.45, 2.75) is 32.6 Å². The van der Waals surface area contributed by atoms with Crippen molar-refractivity contribution in [3.63, 3.8) is 0 Å². The third-order valence-electron chi connectivity index (χ3n) is 3.39. The molecule has 2 rings (SSSR count). The van der Waals surface area contributed by atoms with E-state index in [1.54, 1.807) is 6.07 Å². The molecular formula is C17H16N2. The van der Waals surface area contributed by atoms with Crippen molar-refractivity contribution in [3.05, 3.63) is 47.0 Å². The molecule has 94 valence electrons. The normalized spacial score (nSPS) is 10.1. The summed E-state index contributed by atoms with van der Waals surface area (Å²) in [5.41, 5.74) is 2.24. The fourth-order valence-corrected chi connectivity index (χ4v) is 2.33. The Labute approximate surface area is 113 Å². The maximum atomic E-state index is 9.19. The first-order chi connectivity index (χ1) is 9.30. The van der Waals surface area contributed by atoms with Crippen molar-refractivity contribution >= 4 is 10.8 Å². The average molecular weight is 248 g/mol. The van der Waals surface area contributed by atoms with Crippen LogP contribution in [0.4, 0.5) is 0 Å². The largest absolute Gasteiger partial charge is 0.192 e. The quantitative estimate of drug-likeness (QED) is 0.757. The summed E-state index contributed by atoms with van der Waals surface area (Å²) in [6.07, 6.45) is 4.74. The summed E-state index contributed by atoms with van der Waals surface area (Å²) < 4.78 is 0. The number of aryl methyl sites for hydroxylation is 1. The van der Waals surface area contributed by atoms with Crippen LogP contribution >= 0.6 is 0 Å². The summed E-state index contributed by atoms with van der Waals surface area (Å²) in [6.45, 7) is 2.20. The van der Waals surface area contributed by atoms with Crippen LogP contribution in [0.3, 0.4) is 0 Å². The van der Waals surface area contributed by atoms with Crippen molar-refractivity contribution in [1.29, 1.82) is 10.5 Å². The Bertz CT molecular complexity index is 672. The Morgan fingerprint density at radius 1 is 1.00 bits per heavy atom. The van der Waals surface area contributed by atoms with E-state index in [4.69, 9.17) is 5.26 Å². The minimum atomic E-state index is 0.453. The van der Waals surface area contributed by atoms with Crippen LogP contribution < -0.4 is 0 Å². The third-order valence-corrected chi connectivity index (χ3v) is 3.39. The number of hydrogen-bond donors (Lipinski definition) is 0. The molecule has 2 heteroatoms. The van der Waals surface area contributed by atoms with Gasteiger partial charge in [-0.15, -0.1) is 0 Å². The first-order valence-electron chi connectivity index (χ1n) is 6.66. The Balaban J connectivity index is 2.41. The molecule has 0 aromatic heterocycles. The number of hydrogen-bond acceptors (Lipinski definition) is 2. The summed E-state index contributed by atoms with van der Waals surface area (Å²) in [5.74, 6) is 0. The van der Waals surface area contributed by atoms with E-state index >= 15 is 0 Å². The maximum absolute atomic E-state index is 9.19. The van der Waals surface area contributed by atoms with Crippen LogP contribution in [0, 0.1) is 22.7 Å². The molecule has 0 radical (unpaired) electrons. The molecule has 0 aliphatic heterocycles. The molecular weight excluding hydrogens is 232 g/mol. The maximum Gasteiger partial charge on any atom is 0.101 e. The van der Waals surface area contributed by atoms with Gasteiger partial charge in [-0.2, -0.15) is 10.5 Å². The van der Waals surface area contributed by atoms with Crippen molar-refractivity contribution < 1.29 is 0 Å². The summed E-state index contributed by atoms with van der Waals surface area (Å²) >= 11 is 0. The summed E-state index contributed by atoms with van der Waals surface area (Å²) in [5, 5.41) is 20.1. The van der Waals surface area contributed by atoms with E-state index in [0.29, 0.717) is 11.1 Å². The minimum Gasteiger partial charge on any atom is -0.192 e. The predicted octanol–water partition coefficient (Wildman–Crippen LogP) is 4.32. The van der Waals surface area contributed by atoms with Gasteiger partial charge in [0.2, 0.25) is 0 Å². The lowest BCUT2D eigenvalue weighted by atomic mass is 9.97.